The van der Waals surface area contributed by atoms with E-state index < -0.39 is 19.8 Å². The molecular weight excluding hydrogens is 527 g/mol. The Hall–Kier alpha value is -1.15. The second-order valence-corrected chi connectivity index (χ2v) is 12.5. The monoisotopic (exact) mass is 590 g/mol. The Morgan fingerprint density at radius 1 is 0.650 bits per heavy atom. The molecule has 0 aromatic carbocycles. The van der Waals surface area contributed by atoms with Gasteiger partial charge in [-0.2, -0.15) is 0 Å². The zero-order valence-corrected chi connectivity index (χ0v) is 26.8. The van der Waals surface area contributed by atoms with Crippen LogP contribution in [0.2, 0.25) is 0 Å². The minimum atomic E-state index is -4.04. The maximum Gasteiger partial charge on any atom is 0.532 e. The zero-order chi connectivity index (χ0) is 29.7. The van der Waals surface area contributed by atoms with E-state index in [4.69, 9.17) is 30.8 Å². The van der Waals surface area contributed by atoms with Crippen LogP contribution in [0.4, 0.5) is 0 Å². The van der Waals surface area contributed by atoms with E-state index in [9.17, 15) is 9.36 Å². The molecule has 0 radical (unpaired) electrons. The number of nitrogens with zero attached hydrogens (tertiary/aromatic N) is 1. The molecule has 0 heterocycles. The molecule has 6 N–H and O–H groups in total. The Kier molecular flexibility index (Phi) is 27.2. The molecule has 10 heteroatoms. The Morgan fingerprint density at radius 3 is 1.40 bits per heavy atom. The lowest BCUT2D eigenvalue weighted by Gasteiger charge is -2.19. The number of carbonyl (C=O) groups excluding carboxylic acids is 1. The smallest absolute Gasteiger partial charge is 0.370 e. The molecule has 0 bridgehead atoms. The molecule has 0 aliphatic rings. The SMILES string of the molecule is CCCCCCCCCCCCOP(=O)(OCCCCCCCCCCCC)OC(=O)[C@@H](N)CCCN=C(N)N. The van der Waals surface area contributed by atoms with Crippen LogP contribution in [0.1, 0.15) is 155 Å². The van der Waals surface area contributed by atoms with Crippen molar-refractivity contribution in [3.05, 3.63) is 0 Å². The topological polar surface area (TPSA) is 152 Å². The highest BCUT2D eigenvalue weighted by Gasteiger charge is 2.33. The van der Waals surface area contributed by atoms with Gasteiger partial charge in [0.15, 0.2) is 5.96 Å². The van der Waals surface area contributed by atoms with Crippen LogP contribution in [0.25, 0.3) is 0 Å². The number of phosphoric acid groups is 1. The van der Waals surface area contributed by atoms with Crippen molar-refractivity contribution in [2.75, 3.05) is 19.8 Å². The first-order valence-electron chi connectivity index (χ1n) is 16.3. The van der Waals surface area contributed by atoms with Crippen LogP contribution in [0.3, 0.4) is 0 Å². The predicted octanol–water partition coefficient (Wildman–Crippen LogP) is 7.89. The molecule has 0 saturated carbocycles. The van der Waals surface area contributed by atoms with Gasteiger partial charge in [-0.15, -0.1) is 0 Å². The van der Waals surface area contributed by atoms with Gasteiger partial charge in [-0.25, -0.2) is 9.36 Å². The first-order valence-corrected chi connectivity index (χ1v) is 17.7. The summed E-state index contributed by atoms with van der Waals surface area (Å²) in [5.41, 5.74) is 16.6. The number of unbranched alkanes of at least 4 members (excludes halogenated alkanes) is 18. The van der Waals surface area contributed by atoms with Crippen LogP contribution in [0, 0.1) is 0 Å². The molecule has 0 amide bonds. The average molecular weight is 591 g/mol. The Bertz CT molecular complexity index is 632. The van der Waals surface area contributed by atoms with E-state index in [1.165, 1.54) is 89.9 Å². The molecule has 1 atom stereocenters. The fourth-order valence-electron chi connectivity index (χ4n) is 4.44. The van der Waals surface area contributed by atoms with Gasteiger partial charge in [0, 0.05) is 6.54 Å². The van der Waals surface area contributed by atoms with Crippen LogP contribution in [-0.2, 0) is 22.9 Å². The molecule has 0 aromatic rings. The normalized spacial score (nSPS) is 12.4. The van der Waals surface area contributed by atoms with Crippen molar-refractivity contribution in [2.45, 2.75) is 161 Å². The van der Waals surface area contributed by atoms with Crippen molar-refractivity contribution in [3.63, 3.8) is 0 Å². The van der Waals surface area contributed by atoms with Crippen LogP contribution < -0.4 is 17.2 Å². The number of nitrogens with two attached hydrogens (primary N) is 3. The van der Waals surface area contributed by atoms with Gasteiger partial charge in [0.1, 0.15) is 6.04 Å². The van der Waals surface area contributed by atoms with Gasteiger partial charge in [-0.05, 0) is 25.7 Å². The number of phosphoric ester groups is 1. The lowest BCUT2D eigenvalue weighted by Crippen LogP contribution is -2.32. The van der Waals surface area contributed by atoms with E-state index in [1.807, 2.05) is 0 Å². The average Bonchev–Trinajstić information content (AvgIpc) is 2.92. The lowest BCUT2D eigenvalue weighted by molar-refractivity contribution is -0.138. The largest absolute Gasteiger partial charge is 0.532 e. The second-order valence-electron chi connectivity index (χ2n) is 10.9. The van der Waals surface area contributed by atoms with Crippen molar-refractivity contribution in [2.24, 2.45) is 22.2 Å². The third-order valence-electron chi connectivity index (χ3n) is 6.97. The van der Waals surface area contributed by atoms with Crippen LogP contribution in [0.15, 0.2) is 4.99 Å². The first-order chi connectivity index (χ1) is 19.3. The second kappa shape index (κ2) is 28.0. The zero-order valence-electron chi connectivity index (χ0n) is 25.9. The predicted molar refractivity (Wildman–Crippen MR) is 167 cm³/mol. The number of aliphatic imine (C=N–C) groups is 1. The summed E-state index contributed by atoms with van der Waals surface area (Å²) in [7, 11) is -4.04. The number of carbonyl (C=O) groups is 1. The molecule has 0 saturated heterocycles. The van der Waals surface area contributed by atoms with E-state index in [2.05, 4.69) is 18.8 Å². The van der Waals surface area contributed by atoms with Crippen molar-refractivity contribution in [3.8, 4) is 0 Å². The van der Waals surface area contributed by atoms with Gasteiger partial charge < -0.3 is 21.7 Å². The molecule has 40 heavy (non-hydrogen) atoms. The molecular formula is C30H63N4O5P. The molecule has 0 rings (SSSR count). The highest BCUT2D eigenvalue weighted by atomic mass is 31.2. The van der Waals surface area contributed by atoms with Gasteiger partial charge in [0.05, 0.1) is 13.2 Å². The quantitative estimate of drug-likeness (QED) is 0.0330. The maximum atomic E-state index is 13.3. The number of hydrogen-bond acceptors (Lipinski definition) is 7. The number of rotatable bonds is 30. The Morgan fingerprint density at radius 2 is 1.02 bits per heavy atom. The summed E-state index contributed by atoms with van der Waals surface area (Å²) in [6.07, 6.45) is 24.4. The molecule has 238 valence electrons. The van der Waals surface area contributed by atoms with Gasteiger partial charge in [-0.3, -0.25) is 14.0 Å². The third-order valence-corrected chi connectivity index (χ3v) is 8.37. The molecule has 0 unspecified atom stereocenters. The summed E-state index contributed by atoms with van der Waals surface area (Å²) in [5.74, 6) is -0.805. The van der Waals surface area contributed by atoms with Crippen molar-refractivity contribution in [1.82, 2.24) is 0 Å². The Balaban J connectivity index is 4.40. The minimum absolute atomic E-state index is 0.0126. The number of guanidine groups is 1. The van der Waals surface area contributed by atoms with Crippen molar-refractivity contribution in [1.29, 1.82) is 0 Å². The van der Waals surface area contributed by atoms with E-state index in [-0.39, 0.29) is 19.2 Å². The highest BCUT2D eigenvalue weighted by molar-refractivity contribution is 7.49. The Labute approximate surface area is 245 Å². The van der Waals surface area contributed by atoms with E-state index in [0.717, 1.165) is 38.5 Å². The summed E-state index contributed by atoms with van der Waals surface area (Å²) in [4.78, 5) is 16.4. The molecule has 9 nitrogen and oxygen atoms in total. The number of hydrogen-bond donors (Lipinski definition) is 3. The molecule has 0 spiro atoms. The summed E-state index contributed by atoms with van der Waals surface area (Å²) in [5, 5.41) is 0. The first kappa shape index (κ1) is 38.9. The van der Waals surface area contributed by atoms with Gasteiger partial charge in [-0.1, -0.05) is 129 Å². The fourth-order valence-corrected chi connectivity index (χ4v) is 5.68. The summed E-state index contributed by atoms with van der Waals surface area (Å²) in [6.45, 7) is 5.26. The van der Waals surface area contributed by atoms with Gasteiger partial charge in [0.2, 0.25) is 0 Å². The standard InChI is InChI=1S/C30H63N4O5P/c1-3-5-7-9-11-13-15-17-19-21-26-37-40(36,39-29(35)28(31)24-23-25-34-30(32)33)38-27-22-20-18-16-14-12-10-8-6-4-2/h28H,3-27,31H2,1-2H3,(H4,32,33,34)/t28-/m0/s1. The van der Waals surface area contributed by atoms with Crippen molar-refractivity contribution < 1.29 is 22.9 Å². The summed E-state index contributed by atoms with van der Waals surface area (Å²) < 4.78 is 29.6. The summed E-state index contributed by atoms with van der Waals surface area (Å²) >= 11 is 0. The minimum Gasteiger partial charge on any atom is -0.370 e. The van der Waals surface area contributed by atoms with E-state index >= 15 is 0 Å². The van der Waals surface area contributed by atoms with E-state index in [1.54, 1.807) is 0 Å². The summed E-state index contributed by atoms with van der Waals surface area (Å²) in [6, 6.07) is -0.954. The maximum absolute atomic E-state index is 13.3. The molecule has 0 aliphatic carbocycles. The molecule has 0 aliphatic heterocycles. The van der Waals surface area contributed by atoms with Crippen LogP contribution in [0.5, 0.6) is 0 Å². The lowest BCUT2D eigenvalue weighted by atomic mass is 10.1. The third kappa shape index (κ3) is 25.8. The molecule has 0 fully saturated rings. The van der Waals surface area contributed by atoms with Gasteiger partial charge in [0.25, 0.3) is 0 Å². The molecule has 0 aromatic heterocycles. The van der Waals surface area contributed by atoms with Gasteiger partial charge >= 0.3 is 13.8 Å². The van der Waals surface area contributed by atoms with Crippen LogP contribution >= 0.6 is 7.82 Å². The fraction of sp³-hybridized carbons (Fsp3) is 0.933. The van der Waals surface area contributed by atoms with Crippen molar-refractivity contribution >= 4 is 19.8 Å². The van der Waals surface area contributed by atoms with Crippen LogP contribution in [-0.4, -0.2) is 37.7 Å². The highest BCUT2D eigenvalue weighted by Crippen LogP contribution is 2.50. The van der Waals surface area contributed by atoms with E-state index in [0.29, 0.717) is 19.4 Å².